The lowest BCUT2D eigenvalue weighted by atomic mass is 9.98. The Morgan fingerprint density at radius 3 is 2.44 bits per heavy atom. The maximum atomic E-state index is 11.8. The lowest BCUT2D eigenvalue weighted by Gasteiger charge is -2.25. The molecule has 0 aliphatic rings. The van der Waals surface area contributed by atoms with E-state index < -0.39 is 18.0 Å². The van der Waals surface area contributed by atoms with Crippen LogP contribution in [0.5, 0.6) is 0 Å². The molecular weight excluding hydrogens is 346 g/mol. The monoisotopic (exact) mass is 379 g/mol. The van der Waals surface area contributed by atoms with Crippen molar-refractivity contribution in [2.45, 2.75) is 71.7 Å². The van der Waals surface area contributed by atoms with Gasteiger partial charge in [-0.1, -0.05) is 62.9 Å². The lowest BCUT2D eigenvalue weighted by molar-refractivity contribution is -0.148. The van der Waals surface area contributed by atoms with Crippen LogP contribution in [0.1, 0.15) is 58.4 Å². The molecule has 0 aliphatic carbocycles. The average Bonchev–Trinajstić information content (AvgIpc) is 2.67. The molecule has 0 aliphatic heterocycles. The molecule has 1 amide bonds. The SMILES string of the molecule is CCCCCC[C@@H](OC(C)CNC(=O)OCc1ccccc1)[C@@H](C)C(=O)O. The van der Waals surface area contributed by atoms with Crippen LogP contribution >= 0.6 is 0 Å². The Hall–Kier alpha value is -2.08. The Balaban J connectivity index is 2.37. The first-order valence-electron chi connectivity index (χ1n) is 9.76. The summed E-state index contributed by atoms with van der Waals surface area (Å²) >= 11 is 0. The molecule has 152 valence electrons. The Kier molecular flexibility index (Phi) is 11.2. The minimum absolute atomic E-state index is 0.206. The van der Waals surface area contributed by atoms with Crippen LogP contribution in [0.15, 0.2) is 30.3 Å². The maximum absolute atomic E-state index is 11.8. The van der Waals surface area contributed by atoms with Gasteiger partial charge >= 0.3 is 12.1 Å². The predicted octanol–water partition coefficient (Wildman–Crippen LogP) is 4.38. The lowest BCUT2D eigenvalue weighted by Crippen LogP contribution is -2.37. The van der Waals surface area contributed by atoms with Gasteiger partial charge in [-0.15, -0.1) is 0 Å². The first-order valence-corrected chi connectivity index (χ1v) is 9.76. The van der Waals surface area contributed by atoms with Crippen molar-refractivity contribution >= 4 is 12.1 Å². The summed E-state index contributed by atoms with van der Waals surface area (Å²) in [6.45, 7) is 6.11. The topological polar surface area (TPSA) is 84.9 Å². The van der Waals surface area contributed by atoms with E-state index in [1.807, 2.05) is 37.3 Å². The van der Waals surface area contributed by atoms with E-state index >= 15 is 0 Å². The van der Waals surface area contributed by atoms with Gasteiger partial charge in [0.1, 0.15) is 6.61 Å². The van der Waals surface area contributed by atoms with Gasteiger partial charge in [0, 0.05) is 6.54 Å². The zero-order valence-corrected chi connectivity index (χ0v) is 16.6. The number of amides is 1. The summed E-state index contributed by atoms with van der Waals surface area (Å²) in [5, 5.41) is 12.0. The summed E-state index contributed by atoms with van der Waals surface area (Å²) in [5.74, 6) is -1.45. The van der Waals surface area contributed by atoms with Crippen molar-refractivity contribution in [3.63, 3.8) is 0 Å². The molecule has 1 unspecified atom stereocenters. The van der Waals surface area contributed by atoms with Crippen LogP contribution in [-0.2, 0) is 20.9 Å². The van der Waals surface area contributed by atoms with Crippen LogP contribution in [0.25, 0.3) is 0 Å². The number of alkyl carbamates (subject to hydrolysis) is 1. The van der Waals surface area contributed by atoms with Crippen LogP contribution < -0.4 is 5.32 Å². The molecule has 0 radical (unpaired) electrons. The minimum Gasteiger partial charge on any atom is -0.481 e. The third-order valence-electron chi connectivity index (χ3n) is 4.44. The largest absolute Gasteiger partial charge is 0.481 e. The minimum atomic E-state index is -0.863. The van der Waals surface area contributed by atoms with E-state index in [4.69, 9.17) is 9.47 Å². The van der Waals surface area contributed by atoms with Gasteiger partial charge < -0.3 is 19.9 Å². The molecule has 0 saturated carbocycles. The highest BCUT2D eigenvalue weighted by Gasteiger charge is 2.26. The molecule has 0 spiro atoms. The third-order valence-corrected chi connectivity index (χ3v) is 4.44. The molecule has 2 N–H and O–H groups in total. The summed E-state index contributed by atoms with van der Waals surface area (Å²) in [6, 6.07) is 9.44. The number of ether oxygens (including phenoxy) is 2. The van der Waals surface area contributed by atoms with Crippen molar-refractivity contribution in [1.82, 2.24) is 5.32 Å². The zero-order valence-electron chi connectivity index (χ0n) is 16.6. The maximum Gasteiger partial charge on any atom is 0.407 e. The molecule has 0 aromatic heterocycles. The second-order valence-electron chi connectivity index (χ2n) is 6.90. The number of benzene rings is 1. The van der Waals surface area contributed by atoms with E-state index in [1.165, 1.54) is 0 Å². The number of carboxylic acid groups (broad SMARTS) is 1. The number of nitrogens with one attached hydrogen (secondary N) is 1. The fourth-order valence-electron chi connectivity index (χ4n) is 2.71. The summed E-state index contributed by atoms with van der Waals surface area (Å²) in [6.07, 6.45) is 3.81. The van der Waals surface area contributed by atoms with Gasteiger partial charge in [0.25, 0.3) is 0 Å². The van der Waals surface area contributed by atoms with Gasteiger partial charge in [0.05, 0.1) is 18.1 Å². The molecule has 0 heterocycles. The fraction of sp³-hybridized carbons (Fsp3) is 0.619. The average molecular weight is 379 g/mol. The molecule has 1 rings (SSSR count). The van der Waals surface area contributed by atoms with Crippen LogP contribution in [0.3, 0.4) is 0 Å². The number of hydrogen-bond acceptors (Lipinski definition) is 4. The van der Waals surface area contributed by atoms with Crippen LogP contribution in [0.2, 0.25) is 0 Å². The number of rotatable bonds is 13. The second kappa shape index (κ2) is 13.1. The van der Waals surface area contributed by atoms with Crippen molar-refractivity contribution in [3.05, 3.63) is 35.9 Å². The fourth-order valence-corrected chi connectivity index (χ4v) is 2.71. The summed E-state index contributed by atoms with van der Waals surface area (Å²) < 4.78 is 11.1. The van der Waals surface area contributed by atoms with Crippen LogP contribution in [-0.4, -0.2) is 35.9 Å². The van der Waals surface area contributed by atoms with Gasteiger partial charge in [-0.25, -0.2) is 4.79 Å². The molecule has 6 nitrogen and oxygen atoms in total. The van der Waals surface area contributed by atoms with E-state index in [9.17, 15) is 14.7 Å². The van der Waals surface area contributed by atoms with Crippen molar-refractivity contribution < 1.29 is 24.2 Å². The Morgan fingerprint density at radius 1 is 1.11 bits per heavy atom. The smallest absolute Gasteiger partial charge is 0.407 e. The van der Waals surface area contributed by atoms with Crippen molar-refractivity contribution in [3.8, 4) is 0 Å². The van der Waals surface area contributed by atoms with Gasteiger partial charge in [0.15, 0.2) is 0 Å². The number of aliphatic carboxylic acids is 1. The number of carboxylic acids is 1. The van der Waals surface area contributed by atoms with Crippen molar-refractivity contribution in [1.29, 1.82) is 0 Å². The quantitative estimate of drug-likeness (QED) is 0.497. The molecule has 1 aromatic rings. The second-order valence-corrected chi connectivity index (χ2v) is 6.90. The molecular formula is C21H33NO5. The van der Waals surface area contributed by atoms with Crippen molar-refractivity contribution in [2.75, 3.05) is 6.54 Å². The van der Waals surface area contributed by atoms with Gasteiger partial charge in [-0.2, -0.15) is 0 Å². The third kappa shape index (κ3) is 9.99. The van der Waals surface area contributed by atoms with E-state index in [2.05, 4.69) is 12.2 Å². The van der Waals surface area contributed by atoms with Gasteiger partial charge in [-0.05, 0) is 25.8 Å². The van der Waals surface area contributed by atoms with Crippen LogP contribution in [0, 0.1) is 5.92 Å². The van der Waals surface area contributed by atoms with E-state index in [0.717, 1.165) is 31.2 Å². The highest BCUT2D eigenvalue weighted by molar-refractivity contribution is 5.70. The standard InChI is InChI=1S/C21H33NO5/c1-4-5-6-10-13-19(17(3)20(23)24)27-16(2)14-22-21(25)26-15-18-11-8-7-9-12-18/h7-9,11-12,16-17,19H,4-6,10,13-15H2,1-3H3,(H,22,25)(H,23,24)/t16?,17-,19-/m1/s1. The van der Waals surface area contributed by atoms with Crippen LogP contribution in [0.4, 0.5) is 4.79 Å². The molecule has 27 heavy (non-hydrogen) atoms. The number of carbonyl (C=O) groups excluding carboxylic acids is 1. The highest BCUT2D eigenvalue weighted by atomic mass is 16.5. The number of unbranched alkanes of at least 4 members (excludes halogenated alkanes) is 3. The van der Waals surface area contributed by atoms with Crippen molar-refractivity contribution in [2.24, 2.45) is 5.92 Å². The molecule has 0 bridgehead atoms. The Labute approximate surface area is 162 Å². The van der Waals surface area contributed by atoms with E-state index in [1.54, 1.807) is 6.92 Å². The first-order chi connectivity index (χ1) is 12.9. The normalized spacial score (nSPS) is 14.2. The van der Waals surface area contributed by atoms with Gasteiger partial charge in [-0.3, -0.25) is 4.79 Å². The summed E-state index contributed by atoms with van der Waals surface area (Å²) in [5.41, 5.74) is 0.916. The Morgan fingerprint density at radius 2 is 1.81 bits per heavy atom. The Bertz CT molecular complexity index is 549. The van der Waals surface area contributed by atoms with Gasteiger partial charge in [0.2, 0.25) is 0 Å². The molecule has 1 aromatic carbocycles. The highest BCUT2D eigenvalue weighted by Crippen LogP contribution is 2.18. The molecule has 6 heteroatoms. The molecule has 3 atom stereocenters. The zero-order chi connectivity index (χ0) is 20.1. The molecule has 0 fully saturated rings. The van der Waals surface area contributed by atoms with E-state index in [-0.39, 0.29) is 25.4 Å². The summed E-state index contributed by atoms with van der Waals surface area (Å²) in [4.78, 5) is 23.1. The molecule has 0 saturated heterocycles. The first kappa shape index (κ1) is 23.0. The summed E-state index contributed by atoms with van der Waals surface area (Å²) in [7, 11) is 0. The predicted molar refractivity (Wildman–Crippen MR) is 105 cm³/mol. The number of hydrogen-bond donors (Lipinski definition) is 2. The number of carbonyl (C=O) groups is 2. The van der Waals surface area contributed by atoms with E-state index in [0.29, 0.717) is 6.42 Å².